The summed E-state index contributed by atoms with van der Waals surface area (Å²) < 4.78 is 33.9. The third-order valence-corrected chi connectivity index (χ3v) is 11.4. The molecule has 0 radical (unpaired) electrons. The van der Waals surface area contributed by atoms with E-state index in [1.54, 1.807) is 13.8 Å². The van der Waals surface area contributed by atoms with Gasteiger partial charge in [-0.1, -0.05) is 97.3 Å². The van der Waals surface area contributed by atoms with Crippen LogP contribution in [0.25, 0.3) is 0 Å². The molecule has 0 aromatic heterocycles. The van der Waals surface area contributed by atoms with Crippen molar-refractivity contribution in [1.29, 1.82) is 0 Å². The van der Waals surface area contributed by atoms with Crippen molar-refractivity contribution in [3.63, 3.8) is 0 Å². The number of esters is 6. The molecular weight excluding hydrogens is 931 g/mol. The minimum absolute atomic E-state index is 0.0639. The molecule has 0 aliphatic heterocycles. The monoisotopic (exact) mass is 1020 g/mol. The van der Waals surface area contributed by atoms with Gasteiger partial charge in [0, 0.05) is 54.4 Å². The van der Waals surface area contributed by atoms with E-state index in [2.05, 4.69) is 10.6 Å². The summed E-state index contributed by atoms with van der Waals surface area (Å²) in [5.41, 5.74) is 5.45. The smallest absolute Gasteiger partial charge is 0.326 e. The summed E-state index contributed by atoms with van der Waals surface area (Å²) in [6.07, 6.45) is 5.34. The summed E-state index contributed by atoms with van der Waals surface area (Å²) in [5, 5.41) is 23.8. The van der Waals surface area contributed by atoms with Crippen LogP contribution in [0.1, 0.15) is 197 Å². The lowest BCUT2D eigenvalue weighted by Crippen LogP contribution is -2.58. The molecule has 2 amide bonds. The fourth-order valence-corrected chi connectivity index (χ4v) is 8.12. The number of amides is 2. The zero-order chi connectivity index (χ0) is 53.9. The molecule has 8 atom stereocenters. The Kier molecular flexibility index (Phi) is 35.5. The van der Waals surface area contributed by atoms with Crippen molar-refractivity contribution in [1.82, 2.24) is 10.6 Å². The molecule has 21 heteroatoms. The summed E-state index contributed by atoms with van der Waals surface area (Å²) in [6.45, 7) is 9.93. The molecule has 0 fully saturated rings. The van der Waals surface area contributed by atoms with Crippen LogP contribution >= 0.6 is 0 Å². The van der Waals surface area contributed by atoms with Crippen molar-refractivity contribution in [3.8, 4) is 0 Å². The lowest BCUT2D eigenvalue weighted by atomic mass is 9.91. The van der Waals surface area contributed by atoms with E-state index in [0.29, 0.717) is 38.6 Å². The summed E-state index contributed by atoms with van der Waals surface area (Å²) in [6, 6.07) is -2.08. The van der Waals surface area contributed by atoms with Gasteiger partial charge in [0.05, 0.1) is 0 Å². The van der Waals surface area contributed by atoms with Gasteiger partial charge in [-0.25, -0.2) is 9.59 Å². The van der Waals surface area contributed by atoms with Gasteiger partial charge in [-0.3, -0.25) is 38.4 Å². The van der Waals surface area contributed by atoms with Crippen LogP contribution in [0.15, 0.2) is 0 Å². The Balaban J connectivity index is 5.66. The lowest BCUT2D eigenvalue weighted by Gasteiger charge is -2.40. The van der Waals surface area contributed by atoms with E-state index in [0.717, 1.165) is 125 Å². The van der Waals surface area contributed by atoms with Crippen LogP contribution < -0.4 is 16.4 Å². The topological polar surface area (TPSA) is 317 Å². The molecule has 408 valence electrons. The number of rotatable bonds is 41. The van der Waals surface area contributed by atoms with Gasteiger partial charge in [-0.05, 0) is 57.4 Å². The molecular formula is C50H85N3O18. The fraction of sp³-hybridized carbons (Fsp3) is 0.800. The summed E-state index contributed by atoms with van der Waals surface area (Å²) in [7, 11) is 0. The highest BCUT2D eigenvalue weighted by Gasteiger charge is 2.50. The van der Waals surface area contributed by atoms with E-state index in [9.17, 15) is 58.2 Å². The molecule has 0 aromatic rings. The summed E-state index contributed by atoms with van der Waals surface area (Å²) in [5.74, 6) is -8.98. The van der Waals surface area contributed by atoms with Crippen molar-refractivity contribution in [2.75, 3.05) is 6.54 Å². The maximum Gasteiger partial charge on any atom is 0.326 e. The Hall–Kier alpha value is -5.34. The first-order valence-electron chi connectivity index (χ1n) is 25.3. The zero-order valence-corrected chi connectivity index (χ0v) is 43.5. The number of nitrogens with two attached hydrogens (primary N) is 1. The van der Waals surface area contributed by atoms with Crippen LogP contribution in [0.2, 0.25) is 0 Å². The fourth-order valence-electron chi connectivity index (χ4n) is 8.12. The second-order valence-electron chi connectivity index (χ2n) is 18.3. The average Bonchev–Trinajstić information content (AvgIpc) is 3.26. The molecule has 0 rings (SSSR count). The van der Waals surface area contributed by atoms with Crippen molar-refractivity contribution in [2.45, 2.75) is 245 Å². The maximum absolute atomic E-state index is 12.8. The second-order valence-corrected chi connectivity index (χ2v) is 18.3. The Morgan fingerprint density at radius 1 is 0.394 bits per heavy atom. The summed E-state index contributed by atoms with van der Waals surface area (Å²) >= 11 is 0. The Morgan fingerprint density at radius 3 is 1.06 bits per heavy atom. The van der Waals surface area contributed by atoms with Crippen LogP contribution in [-0.4, -0.2) is 125 Å². The van der Waals surface area contributed by atoms with Crippen LogP contribution in [0.3, 0.4) is 0 Å². The first-order valence-corrected chi connectivity index (χ1v) is 25.3. The molecule has 0 saturated heterocycles. The molecule has 21 nitrogen and oxygen atoms in total. The molecule has 0 aliphatic rings. The average molecular weight is 1020 g/mol. The van der Waals surface area contributed by atoms with Gasteiger partial charge in [0.15, 0.2) is 24.4 Å². The predicted octanol–water partition coefficient (Wildman–Crippen LogP) is 5.91. The Labute approximate surface area is 419 Å². The molecule has 0 aliphatic carbocycles. The number of aliphatic carboxylic acids is 2. The van der Waals surface area contributed by atoms with Crippen LogP contribution in [-0.2, 0) is 76.4 Å². The number of ether oxygens (including phenoxy) is 6. The molecule has 0 heterocycles. The normalized spacial score (nSPS) is 14.5. The number of carboxylic acids is 2. The molecule has 6 N–H and O–H groups in total. The molecule has 0 bridgehead atoms. The lowest BCUT2D eigenvalue weighted by molar-refractivity contribution is -0.219. The van der Waals surface area contributed by atoms with E-state index in [1.165, 1.54) is 0 Å². The van der Waals surface area contributed by atoms with E-state index in [-0.39, 0.29) is 31.6 Å². The van der Waals surface area contributed by atoms with Gasteiger partial charge >= 0.3 is 47.8 Å². The molecule has 0 saturated carbocycles. The van der Waals surface area contributed by atoms with E-state index in [1.807, 2.05) is 0 Å². The van der Waals surface area contributed by atoms with Gasteiger partial charge < -0.3 is 55.0 Å². The maximum atomic E-state index is 12.8. The Bertz CT molecular complexity index is 1660. The van der Waals surface area contributed by atoms with Crippen molar-refractivity contribution in [3.05, 3.63) is 0 Å². The van der Waals surface area contributed by atoms with Gasteiger partial charge in [0.1, 0.15) is 24.3 Å². The number of hydrogen-bond acceptors (Lipinski definition) is 17. The van der Waals surface area contributed by atoms with Gasteiger partial charge in [0.25, 0.3) is 0 Å². The van der Waals surface area contributed by atoms with Crippen molar-refractivity contribution < 1.29 is 86.6 Å². The minimum Gasteiger partial charge on any atom is -0.480 e. The highest BCUT2D eigenvalue weighted by Crippen LogP contribution is 2.29. The second kappa shape index (κ2) is 38.4. The van der Waals surface area contributed by atoms with Crippen LogP contribution in [0.5, 0.6) is 0 Å². The van der Waals surface area contributed by atoms with E-state index >= 15 is 0 Å². The molecule has 71 heavy (non-hydrogen) atoms. The quantitative estimate of drug-likeness (QED) is 0.0270. The predicted molar refractivity (Wildman–Crippen MR) is 258 cm³/mol. The van der Waals surface area contributed by atoms with Gasteiger partial charge in [-0.15, -0.1) is 0 Å². The molecule has 0 spiro atoms. The molecule has 8 unspecified atom stereocenters. The number of carboxylic acid groups (broad SMARTS) is 2. The first-order chi connectivity index (χ1) is 33.5. The number of carbonyl (C=O) groups excluding carboxylic acids is 8. The molecule has 0 aromatic carbocycles. The van der Waals surface area contributed by atoms with E-state index < -0.39 is 108 Å². The highest BCUT2D eigenvalue weighted by atomic mass is 16.7. The standard InChI is InChI=1S/C50H85N3O18/c1-32(2)44(50(64)65)53-43(61)30-24-28-41(67-34(4)55)46(69-36(6)57)48(71-38(8)59)47(70-37(7)58)45(68-35(5)56)40(66-33(3)54)27-22-20-18-16-14-12-10-9-11-13-15-17-19-21-23-29-42(60)52-39(49(62)63)26-25-31-51/h32,39-41,44-48H,9-31,51H2,1-8H3,(H,52,60)(H,53,61)(H,62,63)(H,64,65). The van der Waals surface area contributed by atoms with Crippen LogP contribution in [0, 0.1) is 5.92 Å². The van der Waals surface area contributed by atoms with Gasteiger partial charge in [0.2, 0.25) is 11.8 Å². The third kappa shape index (κ3) is 32.3. The van der Waals surface area contributed by atoms with E-state index in [4.69, 9.17) is 34.2 Å². The largest absolute Gasteiger partial charge is 0.480 e. The number of nitrogens with one attached hydrogen (secondary N) is 2. The SMILES string of the molecule is CC(=O)OC(CCCCCCCCCCCCCCCCCC(=O)NC(CCCN)C(=O)O)C(OC(C)=O)C(OC(C)=O)C(OC(C)=O)C(OC(C)=O)C(CCCC(=O)NC(C(=O)O)C(C)C)OC(C)=O. The summed E-state index contributed by atoms with van der Waals surface area (Å²) in [4.78, 5) is 124. The Morgan fingerprint density at radius 2 is 0.718 bits per heavy atom. The van der Waals surface area contributed by atoms with Crippen molar-refractivity contribution in [2.24, 2.45) is 11.7 Å². The number of carbonyl (C=O) groups is 10. The van der Waals surface area contributed by atoms with Crippen molar-refractivity contribution >= 4 is 59.6 Å². The highest BCUT2D eigenvalue weighted by molar-refractivity contribution is 5.84. The van der Waals surface area contributed by atoms with Gasteiger partial charge in [-0.2, -0.15) is 0 Å². The van der Waals surface area contributed by atoms with Crippen LogP contribution in [0.4, 0.5) is 0 Å². The zero-order valence-electron chi connectivity index (χ0n) is 43.5. The number of hydrogen-bond donors (Lipinski definition) is 5. The minimum atomic E-state index is -1.84. The third-order valence-electron chi connectivity index (χ3n) is 11.4. The number of unbranched alkanes of at least 4 members (excludes halogenated alkanes) is 14. The first kappa shape index (κ1) is 65.7.